The predicted molar refractivity (Wildman–Crippen MR) is 80.4 cm³/mol. The van der Waals surface area contributed by atoms with E-state index in [1.807, 2.05) is 35.2 Å². The van der Waals surface area contributed by atoms with Crippen LogP contribution in [0, 0.1) is 0 Å². The first kappa shape index (κ1) is 20.4. The molecule has 0 fully saturated rings. The number of nitrogens with one attached hydrogen (secondary N) is 1. The van der Waals surface area contributed by atoms with E-state index in [1.54, 1.807) is 6.92 Å². The topological polar surface area (TPSA) is 49.3 Å². The van der Waals surface area contributed by atoms with Crippen LogP contribution in [0.5, 0.6) is 0 Å². The number of rotatable bonds is 7. The van der Waals surface area contributed by atoms with Gasteiger partial charge in [-0.25, -0.2) is 0 Å². The molecule has 0 aliphatic rings. The Kier molecular flexibility index (Phi) is 8.19. The van der Waals surface area contributed by atoms with Crippen LogP contribution >= 0.6 is 0 Å². The fraction of sp³-hybridized carbons (Fsp3) is 0.786. The minimum atomic E-state index is -0.387. The highest BCUT2D eigenvalue weighted by atomic mass is 16.3. The second kappa shape index (κ2) is 7.62. The highest BCUT2D eigenvalue weighted by Gasteiger charge is 2.25. The SMILES string of the molecule is C.C=C(C)C(=O)NC[N+](C)(C)CC(O)C[N+](C)(C)C. The van der Waals surface area contributed by atoms with Crippen molar-refractivity contribution >= 4 is 5.91 Å². The van der Waals surface area contributed by atoms with Gasteiger partial charge in [-0.15, -0.1) is 0 Å². The molecule has 5 nitrogen and oxygen atoms in total. The molecule has 0 bridgehead atoms. The summed E-state index contributed by atoms with van der Waals surface area (Å²) in [5.41, 5.74) is 0.502. The normalized spacial score (nSPS) is 13.4. The molecule has 114 valence electrons. The van der Waals surface area contributed by atoms with Crippen molar-refractivity contribution in [1.82, 2.24) is 5.32 Å². The van der Waals surface area contributed by atoms with Crippen molar-refractivity contribution in [3.63, 3.8) is 0 Å². The van der Waals surface area contributed by atoms with Gasteiger partial charge in [0, 0.05) is 5.57 Å². The third kappa shape index (κ3) is 10.7. The van der Waals surface area contributed by atoms with Crippen molar-refractivity contribution in [2.24, 2.45) is 0 Å². The summed E-state index contributed by atoms with van der Waals surface area (Å²) in [5.74, 6) is -0.137. The zero-order valence-corrected chi connectivity index (χ0v) is 12.7. The smallest absolute Gasteiger partial charge is 0.250 e. The maximum Gasteiger partial charge on any atom is 0.250 e. The number of hydrogen-bond acceptors (Lipinski definition) is 2. The van der Waals surface area contributed by atoms with E-state index in [0.717, 1.165) is 4.48 Å². The van der Waals surface area contributed by atoms with Gasteiger partial charge in [-0.3, -0.25) is 4.79 Å². The Morgan fingerprint density at radius 1 is 1.21 bits per heavy atom. The third-order valence-electron chi connectivity index (χ3n) is 2.52. The quantitative estimate of drug-likeness (QED) is 0.402. The fourth-order valence-electron chi connectivity index (χ4n) is 1.76. The molecule has 0 aromatic rings. The van der Waals surface area contributed by atoms with E-state index in [9.17, 15) is 9.90 Å². The number of quaternary nitrogens is 2. The molecule has 0 heterocycles. The van der Waals surface area contributed by atoms with Crippen LogP contribution < -0.4 is 5.32 Å². The Balaban J connectivity index is 0. The second-order valence-electron chi connectivity index (χ2n) is 6.69. The molecule has 19 heavy (non-hydrogen) atoms. The van der Waals surface area contributed by atoms with Crippen molar-refractivity contribution in [2.45, 2.75) is 20.5 Å². The van der Waals surface area contributed by atoms with E-state index in [0.29, 0.717) is 29.8 Å². The molecular formula is C14H33N3O2+2. The van der Waals surface area contributed by atoms with Crippen molar-refractivity contribution in [3.05, 3.63) is 12.2 Å². The summed E-state index contributed by atoms with van der Waals surface area (Å²) in [7, 11) is 10.1. The van der Waals surface area contributed by atoms with E-state index in [1.165, 1.54) is 0 Å². The number of carbonyl (C=O) groups excluding carboxylic acids is 1. The fourth-order valence-corrected chi connectivity index (χ4v) is 1.76. The van der Waals surface area contributed by atoms with Crippen LogP contribution in [0.25, 0.3) is 0 Å². The number of likely N-dealkylation sites (N-methyl/N-ethyl adjacent to an activating group) is 2. The third-order valence-corrected chi connectivity index (χ3v) is 2.52. The monoisotopic (exact) mass is 275 g/mol. The van der Waals surface area contributed by atoms with Gasteiger partial charge in [-0.05, 0) is 6.92 Å². The first-order valence-corrected chi connectivity index (χ1v) is 6.17. The molecule has 0 aromatic heterocycles. The Bertz CT molecular complexity index is 306. The maximum absolute atomic E-state index is 11.4. The lowest BCUT2D eigenvalue weighted by molar-refractivity contribution is -0.908. The van der Waals surface area contributed by atoms with Gasteiger partial charge in [0.2, 0.25) is 0 Å². The Morgan fingerprint density at radius 2 is 1.68 bits per heavy atom. The average molecular weight is 275 g/mol. The highest BCUT2D eigenvalue weighted by molar-refractivity contribution is 5.91. The molecule has 1 unspecified atom stereocenters. The van der Waals surface area contributed by atoms with Crippen LogP contribution in [0.3, 0.4) is 0 Å². The van der Waals surface area contributed by atoms with Gasteiger partial charge in [0.15, 0.2) is 12.8 Å². The molecule has 0 saturated heterocycles. The van der Waals surface area contributed by atoms with E-state index in [-0.39, 0.29) is 19.4 Å². The second-order valence-corrected chi connectivity index (χ2v) is 6.69. The van der Waals surface area contributed by atoms with Gasteiger partial charge >= 0.3 is 0 Å². The van der Waals surface area contributed by atoms with Crippen LogP contribution in [0.15, 0.2) is 12.2 Å². The number of aliphatic hydroxyl groups excluding tert-OH is 1. The van der Waals surface area contributed by atoms with E-state index < -0.39 is 0 Å². The molecule has 0 radical (unpaired) electrons. The number of aliphatic hydroxyl groups is 1. The first-order chi connectivity index (χ1) is 7.93. The van der Waals surface area contributed by atoms with Crippen LogP contribution in [0.2, 0.25) is 0 Å². The molecule has 1 atom stereocenters. The van der Waals surface area contributed by atoms with Gasteiger partial charge < -0.3 is 19.4 Å². The number of hydrogen-bond donors (Lipinski definition) is 2. The van der Waals surface area contributed by atoms with E-state index >= 15 is 0 Å². The largest absolute Gasteiger partial charge is 0.382 e. The van der Waals surface area contributed by atoms with Crippen LogP contribution in [-0.4, -0.2) is 81.1 Å². The van der Waals surface area contributed by atoms with Crippen molar-refractivity contribution in [3.8, 4) is 0 Å². The maximum atomic E-state index is 11.4. The number of carbonyl (C=O) groups is 1. The van der Waals surface area contributed by atoms with E-state index in [4.69, 9.17) is 0 Å². The molecule has 0 spiro atoms. The van der Waals surface area contributed by atoms with Gasteiger partial charge in [-0.2, -0.15) is 0 Å². The van der Waals surface area contributed by atoms with Gasteiger partial charge in [0.05, 0.1) is 35.2 Å². The van der Waals surface area contributed by atoms with Gasteiger partial charge in [0.1, 0.15) is 13.1 Å². The summed E-state index contributed by atoms with van der Waals surface area (Å²) in [5, 5.41) is 12.8. The molecule has 0 rings (SSSR count). The summed E-state index contributed by atoms with van der Waals surface area (Å²) in [6.07, 6.45) is -0.387. The molecular weight excluding hydrogens is 242 g/mol. The van der Waals surface area contributed by atoms with Gasteiger partial charge in [-0.1, -0.05) is 14.0 Å². The zero-order chi connectivity index (χ0) is 14.6. The van der Waals surface area contributed by atoms with Gasteiger partial charge in [0.25, 0.3) is 5.91 Å². The summed E-state index contributed by atoms with van der Waals surface area (Å²) in [6.45, 7) is 7.06. The Morgan fingerprint density at radius 3 is 2.05 bits per heavy atom. The van der Waals surface area contributed by atoms with Crippen LogP contribution in [-0.2, 0) is 4.79 Å². The Labute approximate surface area is 118 Å². The van der Waals surface area contributed by atoms with Crippen LogP contribution in [0.4, 0.5) is 0 Å². The van der Waals surface area contributed by atoms with Crippen molar-refractivity contribution in [1.29, 1.82) is 0 Å². The summed E-state index contributed by atoms with van der Waals surface area (Å²) in [4.78, 5) is 11.4. The zero-order valence-electron chi connectivity index (χ0n) is 12.7. The number of nitrogens with zero attached hydrogens (tertiary/aromatic N) is 2. The lowest BCUT2D eigenvalue weighted by Gasteiger charge is -2.34. The first-order valence-electron chi connectivity index (χ1n) is 6.17. The lowest BCUT2D eigenvalue weighted by Crippen LogP contribution is -2.55. The Hall–Kier alpha value is -0.910. The molecule has 0 aliphatic heterocycles. The highest BCUT2D eigenvalue weighted by Crippen LogP contribution is 2.02. The lowest BCUT2D eigenvalue weighted by atomic mass is 10.2. The summed E-state index contributed by atoms with van der Waals surface area (Å²) in [6, 6.07) is 0. The minimum Gasteiger partial charge on any atom is -0.382 e. The van der Waals surface area contributed by atoms with E-state index in [2.05, 4.69) is 11.9 Å². The molecule has 1 amide bonds. The molecule has 0 aliphatic carbocycles. The molecule has 0 saturated carbocycles. The summed E-state index contributed by atoms with van der Waals surface area (Å²) < 4.78 is 1.26. The average Bonchev–Trinajstić information content (AvgIpc) is 2.09. The molecule has 0 aromatic carbocycles. The minimum absolute atomic E-state index is 0. The number of amides is 1. The molecule has 2 N–H and O–H groups in total. The van der Waals surface area contributed by atoms with Crippen LogP contribution in [0.1, 0.15) is 14.4 Å². The predicted octanol–water partition coefficient (Wildman–Crippen LogP) is 0.416. The van der Waals surface area contributed by atoms with Crippen molar-refractivity contribution in [2.75, 3.05) is 55.0 Å². The van der Waals surface area contributed by atoms with Crippen molar-refractivity contribution < 1.29 is 18.9 Å². The summed E-state index contributed by atoms with van der Waals surface area (Å²) >= 11 is 0. The standard InChI is InChI=1S/C13H28N3O2.CH4/c1-11(2)13(18)14-10-16(6,7)9-12(17)8-15(3,4)5;/h12,17H,1,8-10H2,2-7H3;1H4/q+1;/p+1. The molecule has 5 heteroatoms.